The maximum absolute atomic E-state index is 13.6. The highest BCUT2D eigenvalue weighted by molar-refractivity contribution is 6.06. The number of hydrogen-bond donors (Lipinski definition) is 1. The number of hydrogen-bond acceptors (Lipinski definition) is 6. The zero-order valence-electron chi connectivity index (χ0n) is 21.8. The van der Waals surface area contributed by atoms with Crippen molar-refractivity contribution in [2.24, 2.45) is 5.41 Å². The largest absolute Gasteiger partial charge is 0.354 e. The van der Waals surface area contributed by atoms with Crippen LogP contribution in [0.3, 0.4) is 0 Å². The Labute approximate surface area is 211 Å². The Bertz CT molecular complexity index is 1310. The predicted molar refractivity (Wildman–Crippen MR) is 137 cm³/mol. The molecule has 190 valence electrons. The molecule has 0 bridgehead atoms. The zero-order chi connectivity index (χ0) is 26.2. The smallest absolute Gasteiger partial charge is 0.245 e. The number of nitrogens with zero attached hydrogens (tertiary/aromatic N) is 5. The van der Waals surface area contributed by atoms with Crippen molar-refractivity contribution >= 4 is 28.5 Å². The van der Waals surface area contributed by atoms with E-state index in [-0.39, 0.29) is 35.6 Å². The van der Waals surface area contributed by atoms with E-state index in [2.05, 4.69) is 34.2 Å². The van der Waals surface area contributed by atoms with Crippen molar-refractivity contribution in [2.75, 3.05) is 6.54 Å². The molecule has 36 heavy (non-hydrogen) atoms. The number of fused-ring (bicyclic) bond motifs is 1. The highest BCUT2D eigenvalue weighted by atomic mass is 16.2. The first-order valence-corrected chi connectivity index (χ1v) is 12.4. The van der Waals surface area contributed by atoms with Gasteiger partial charge in [-0.1, -0.05) is 26.8 Å². The first-order valence-electron chi connectivity index (χ1n) is 12.4. The number of rotatable bonds is 7. The van der Waals surface area contributed by atoms with Gasteiger partial charge in [-0.05, 0) is 49.8 Å². The number of carbonyl (C=O) groups is 3. The summed E-state index contributed by atoms with van der Waals surface area (Å²) in [5.74, 6) is 0.176. The van der Waals surface area contributed by atoms with Crippen molar-refractivity contribution < 1.29 is 14.4 Å². The summed E-state index contributed by atoms with van der Waals surface area (Å²) in [6, 6.07) is 5.00. The fourth-order valence-electron chi connectivity index (χ4n) is 4.88. The first kappa shape index (κ1) is 25.5. The molecule has 0 unspecified atom stereocenters. The lowest BCUT2D eigenvalue weighted by atomic mass is 9.84. The first-order chi connectivity index (χ1) is 17.0. The summed E-state index contributed by atoms with van der Waals surface area (Å²) in [6.45, 7) is 12.0. The summed E-state index contributed by atoms with van der Waals surface area (Å²) in [6.07, 6.45) is 4.90. The SMILES string of the molecule is CCCNC(=O)[C@@H]1CC(C)(C)[C@@H](C)N1C(=O)Cn1nc(C(C)=O)c2cc(-c3cnc(C)nc3)ccc21. The lowest BCUT2D eigenvalue weighted by Gasteiger charge is -2.31. The summed E-state index contributed by atoms with van der Waals surface area (Å²) < 4.78 is 1.57. The molecule has 1 aromatic carbocycles. The molecule has 2 atom stereocenters. The van der Waals surface area contributed by atoms with E-state index in [9.17, 15) is 14.4 Å². The molecular weight excluding hydrogens is 456 g/mol. The molecular formula is C27H34N6O3. The molecule has 9 nitrogen and oxygen atoms in total. The minimum absolute atomic E-state index is 0.0608. The van der Waals surface area contributed by atoms with E-state index in [0.29, 0.717) is 35.4 Å². The average Bonchev–Trinajstić information content (AvgIpc) is 3.31. The standard InChI is InChI=1S/C27H34N6O3/c1-7-10-28-26(36)23-12-27(5,6)17(3)33(23)24(35)15-32-22-9-8-19(20-13-29-18(4)30-14-20)11-21(22)25(31-32)16(2)34/h8-9,11,13-14,17,23H,7,10,12,15H2,1-6H3,(H,28,36)/t17-,23+/m1/s1. The Balaban J connectivity index is 1.68. The maximum atomic E-state index is 13.6. The second-order valence-electron chi connectivity index (χ2n) is 10.3. The lowest BCUT2D eigenvalue weighted by molar-refractivity contribution is -0.141. The van der Waals surface area contributed by atoms with Gasteiger partial charge in [0, 0.05) is 42.9 Å². The maximum Gasteiger partial charge on any atom is 0.245 e. The highest BCUT2D eigenvalue weighted by Gasteiger charge is 2.49. The molecule has 1 aliphatic heterocycles. The van der Waals surface area contributed by atoms with Gasteiger partial charge >= 0.3 is 0 Å². The number of carbonyl (C=O) groups excluding carboxylic acids is 3. The van der Waals surface area contributed by atoms with Crippen LogP contribution in [-0.2, 0) is 16.1 Å². The topological polar surface area (TPSA) is 110 Å². The summed E-state index contributed by atoms with van der Waals surface area (Å²) in [5.41, 5.74) is 2.47. The molecule has 3 heterocycles. The van der Waals surface area contributed by atoms with Gasteiger partial charge in [-0.25, -0.2) is 9.97 Å². The molecule has 4 rings (SSSR count). The molecule has 1 saturated heterocycles. The summed E-state index contributed by atoms with van der Waals surface area (Å²) in [4.78, 5) is 49.2. The van der Waals surface area contributed by atoms with Crippen LogP contribution in [0.4, 0.5) is 0 Å². The third kappa shape index (κ3) is 4.74. The number of ketones is 1. The third-order valence-corrected chi connectivity index (χ3v) is 7.23. The van der Waals surface area contributed by atoms with Gasteiger partial charge < -0.3 is 10.2 Å². The molecule has 0 aliphatic carbocycles. The minimum atomic E-state index is -0.531. The summed E-state index contributed by atoms with van der Waals surface area (Å²) in [7, 11) is 0. The fraction of sp³-hybridized carbons (Fsp3) is 0.481. The number of nitrogens with one attached hydrogen (secondary N) is 1. The number of amides is 2. The zero-order valence-corrected chi connectivity index (χ0v) is 21.8. The second-order valence-corrected chi connectivity index (χ2v) is 10.3. The molecule has 1 N–H and O–H groups in total. The van der Waals surface area contributed by atoms with Crippen LogP contribution in [0, 0.1) is 12.3 Å². The van der Waals surface area contributed by atoms with E-state index < -0.39 is 6.04 Å². The molecule has 2 aromatic heterocycles. The van der Waals surface area contributed by atoms with Crippen molar-refractivity contribution in [1.82, 2.24) is 30.0 Å². The second kappa shape index (κ2) is 9.79. The highest BCUT2D eigenvalue weighted by Crippen LogP contribution is 2.40. The van der Waals surface area contributed by atoms with Crippen molar-refractivity contribution in [2.45, 2.75) is 73.0 Å². The van der Waals surface area contributed by atoms with Crippen LogP contribution in [0.5, 0.6) is 0 Å². The van der Waals surface area contributed by atoms with Gasteiger partial charge in [0.1, 0.15) is 24.1 Å². The molecule has 0 radical (unpaired) electrons. The van der Waals surface area contributed by atoms with Crippen LogP contribution in [0.25, 0.3) is 22.0 Å². The number of likely N-dealkylation sites (tertiary alicyclic amines) is 1. The Morgan fingerprint density at radius 3 is 2.47 bits per heavy atom. The van der Waals surface area contributed by atoms with Crippen molar-refractivity contribution in [3.63, 3.8) is 0 Å². The molecule has 2 amide bonds. The molecule has 0 spiro atoms. The van der Waals surface area contributed by atoms with Crippen molar-refractivity contribution in [3.8, 4) is 11.1 Å². The van der Waals surface area contributed by atoms with Gasteiger partial charge in [0.15, 0.2) is 5.78 Å². The van der Waals surface area contributed by atoms with Gasteiger partial charge in [0.05, 0.1) is 5.52 Å². The van der Waals surface area contributed by atoms with Crippen LogP contribution in [0.15, 0.2) is 30.6 Å². The molecule has 3 aromatic rings. The van der Waals surface area contributed by atoms with Crippen LogP contribution in [-0.4, -0.2) is 60.9 Å². The van der Waals surface area contributed by atoms with E-state index >= 15 is 0 Å². The van der Waals surface area contributed by atoms with Gasteiger partial charge in [-0.3, -0.25) is 19.1 Å². The number of aromatic nitrogens is 4. The molecule has 1 aliphatic rings. The molecule has 9 heteroatoms. The monoisotopic (exact) mass is 490 g/mol. The Hall–Kier alpha value is -3.62. The Morgan fingerprint density at radius 2 is 1.83 bits per heavy atom. The average molecular weight is 491 g/mol. The minimum Gasteiger partial charge on any atom is -0.354 e. The van der Waals surface area contributed by atoms with E-state index in [1.54, 1.807) is 22.0 Å². The third-order valence-electron chi connectivity index (χ3n) is 7.23. The van der Waals surface area contributed by atoms with E-state index in [0.717, 1.165) is 17.5 Å². The van der Waals surface area contributed by atoms with Gasteiger partial charge in [0.2, 0.25) is 11.8 Å². The number of aryl methyl sites for hydroxylation is 1. The summed E-state index contributed by atoms with van der Waals surface area (Å²) in [5, 5.41) is 8.13. The van der Waals surface area contributed by atoms with Crippen LogP contribution in [0.1, 0.15) is 63.8 Å². The van der Waals surface area contributed by atoms with Crippen LogP contribution in [0.2, 0.25) is 0 Å². The van der Waals surface area contributed by atoms with Crippen molar-refractivity contribution in [3.05, 3.63) is 42.1 Å². The summed E-state index contributed by atoms with van der Waals surface area (Å²) >= 11 is 0. The molecule has 1 fully saturated rings. The fourth-order valence-corrected chi connectivity index (χ4v) is 4.88. The quantitative estimate of drug-likeness (QED) is 0.507. The van der Waals surface area contributed by atoms with E-state index in [1.165, 1.54) is 6.92 Å². The van der Waals surface area contributed by atoms with E-state index in [4.69, 9.17) is 0 Å². The molecule has 0 saturated carbocycles. The van der Waals surface area contributed by atoms with E-state index in [1.807, 2.05) is 39.0 Å². The van der Waals surface area contributed by atoms with Crippen molar-refractivity contribution in [1.29, 1.82) is 0 Å². The predicted octanol–water partition coefficient (Wildman–Crippen LogP) is 3.55. The number of Topliss-reactive ketones (excluding diaryl/α,β-unsaturated/α-hetero) is 1. The van der Waals surface area contributed by atoms with Gasteiger partial charge in [0.25, 0.3) is 0 Å². The van der Waals surface area contributed by atoms with Crippen LogP contribution < -0.4 is 5.32 Å². The number of benzene rings is 1. The normalized spacial score (nSPS) is 19.0. The van der Waals surface area contributed by atoms with Crippen LogP contribution >= 0.6 is 0 Å². The Kier molecular flexibility index (Phi) is 6.93. The lowest BCUT2D eigenvalue weighted by Crippen LogP contribution is -2.50. The van der Waals surface area contributed by atoms with Gasteiger partial charge in [-0.2, -0.15) is 5.10 Å². The van der Waals surface area contributed by atoms with Gasteiger partial charge in [-0.15, -0.1) is 0 Å². The Morgan fingerprint density at radius 1 is 1.14 bits per heavy atom.